The summed E-state index contributed by atoms with van der Waals surface area (Å²) in [6.45, 7) is 0.774. The lowest BCUT2D eigenvalue weighted by atomic mass is 10.2. The van der Waals surface area contributed by atoms with Gasteiger partial charge in [0.2, 0.25) is 10.0 Å². The van der Waals surface area contributed by atoms with Crippen LogP contribution in [0.5, 0.6) is 0 Å². The van der Waals surface area contributed by atoms with Gasteiger partial charge in [0.05, 0.1) is 28.1 Å². The number of aromatic nitrogens is 3. The van der Waals surface area contributed by atoms with Crippen LogP contribution in [0.15, 0.2) is 47.4 Å². The number of methoxy groups -OCH3 is 1. The molecular weight excluding hydrogens is 541 g/mol. The largest absolute Gasteiger partial charge is 0.416 e. The number of rotatable bonds is 11. The number of nitrogens with one attached hydrogen (secondary N) is 1. The third-order valence-corrected chi connectivity index (χ3v) is 7.60. The maximum Gasteiger partial charge on any atom is 0.416 e. The molecule has 0 amide bonds. The Morgan fingerprint density at radius 2 is 1.90 bits per heavy atom. The summed E-state index contributed by atoms with van der Waals surface area (Å²) < 4.78 is 73.7. The number of benzene rings is 2. The van der Waals surface area contributed by atoms with E-state index in [-0.39, 0.29) is 18.4 Å². The van der Waals surface area contributed by atoms with E-state index in [1.165, 1.54) is 0 Å². The van der Waals surface area contributed by atoms with Crippen molar-refractivity contribution in [1.29, 1.82) is 0 Å². The molecule has 0 atom stereocenters. The van der Waals surface area contributed by atoms with Crippen molar-refractivity contribution in [3.8, 4) is 0 Å². The van der Waals surface area contributed by atoms with Gasteiger partial charge in [-0.1, -0.05) is 18.2 Å². The Kier molecular flexibility index (Phi) is 8.04. The predicted octanol–water partition coefficient (Wildman–Crippen LogP) is 4.04. The van der Waals surface area contributed by atoms with E-state index < -0.39 is 37.3 Å². The van der Waals surface area contributed by atoms with E-state index in [4.69, 9.17) is 10.5 Å². The molecule has 208 valence electrons. The zero-order valence-electron chi connectivity index (χ0n) is 20.7. The first-order valence-corrected chi connectivity index (χ1v) is 13.3. The van der Waals surface area contributed by atoms with Crippen LogP contribution in [0.25, 0.3) is 21.9 Å². The number of unbranched alkanes of at least 4 members (excludes halogenated alkanes) is 1. The number of anilines is 1. The van der Waals surface area contributed by atoms with Gasteiger partial charge in [-0.2, -0.15) is 13.2 Å². The molecule has 15 heteroatoms. The highest BCUT2D eigenvalue weighted by atomic mass is 32.2. The zero-order chi connectivity index (χ0) is 28.4. The van der Waals surface area contributed by atoms with Crippen molar-refractivity contribution < 1.29 is 31.2 Å². The number of nitrogens with two attached hydrogens (primary N) is 1. The van der Waals surface area contributed by atoms with E-state index in [1.54, 1.807) is 7.11 Å². The molecule has 0 aliphatic rings. The molecule has 2 aromatic carbocycles. The van der Waals surface area contributed by atoms with Gasteiger partial charge in [0.25, 0.3) is 5.69 Å². The summed E-state index contributed by atoms with van der Waals surface area (Å²) in [6.07, 6.45) is -3.54. The second-order valence-corrected chi connectivity index (χ2v) is 10.4. The lowest BCUT2D eigenvalue weighted by molar-refractivity contribution is -0.388. The van der Waals surface area contributed by atoms with Crippen molar-refractivity contribution in [1.82, 2.24) is 19.3 Å². The Labute approximate surface area is 221 Å². The Balaban J connectivity index is 1.51. The molecule has 2 aromatic heterocycles. The predicted molar refractivity (Wildman–Crippen MR) is 138 cm³/mol. The van der Waals surface area contributed by atoms with E-state index in [0.717, 1.165) is 16.7 Å². The number of ether oxygens (including phenoxy) is 1. The number of nitrogen functional groups attached to an aromatic ring is 1. The number of hydrogen-bond acceptors (Lipinski definition) is 8. The zero-order valence-corrected chi connectivity index (χ0v) is 21.6. The van der Waals surface area contributed by atoms with Crippen LogP contribution in [-0.4, -0.2) is 48.1 Å². The minimum Gasteiger partial charge on any atom is -0.384 e. The number of aryl methyl sites for hydroxylation is 1. The number of alkyl halides is 3. The van der Waals surface area contributed by atoms with Gasteiger partial charge in [0, 0.05) is 38.1 Å². The minimum absolute atomic E-state index is 0.0923. The third-order valence-electron chi connectivity index (χ3n) is 6.09. The Hall–Kier alpha value is -3.82. The van der Waals surface area contributed by atoms with E-state index in [0.29, 0.717) is 55.6 Å². The average Bonchev–Trinajstić information content (AvgIpc) is 3.25. The summed E-state index contributed by atoms with van der Waals surface area (Å²) in [5.74, 6) is 1.00. The summed E-state index contributed by atoms with van der Waals surface area (Å²) in [6, 6.07) is 8.77. The number of hydrogen-bond donors (Lipinski definition) is 2. The highest BCUT2D eigenvalue weighted by Gasteiger charge is 2.35. The maximum absolute atomic E-state index is 13.0. The number of halogens is 3. The quantitative estimate of drug-likeness (QED) is 0.157. The van der Waals surface area contributed by atoms with E-state index in [9.17, 15) is 31.7 Å². The molecule has 2 heterocycles. The van der Waals surface area contributed by atoms with Gasteiger partial charge in [-0.05, 0) is 31.0 Å². The fourth-order valence-electron chi connectivity index (χ4n) is 4.27. The maximum atomic E-state index is 13.0. The summed E-state index contributed by atoms with van der Waals surface area (Å²) >= 11 is 0. The standard InChI is InChI=1S/C24H25F3N6O5S/c1-38-13-10-20-31-21-22(16-6-2-3-7-17(16)30-23(21)28)32(20)12-5-4-11-29-39(36,37)19-9-8-15(24(25,26)27)14-18(19)33(34)35/h2-3,6-9,14,29H,4-5,10-13H2,1H3,(H2,28,30). The van der Waals surface area contributed by atoms with Gasteiger partial charge in [0.15, 0.2) is 10.7 Å². The number of sulfonamides is 1. The van der Waals surface area contributed by atoms with Crippen molar-refractivity contribution in [2.75, 3.05) is 26.0 Å². The van der Waals surface area contributed by atoms with Gasteiger partial charge in [-0.25, -0.2) is 23.1 Å². The number of imidazole rings is 1. The highest BCUT2D eigenvalue weighted by Crippen LogP contribution is 2.34. The molecule has 0 saturated heterocycles. The Bertz CT molecular complexity index is 1640. The SMILES string of the molecule is COCCc1nc2c(N)nc3ccccc3c2n1CCCCNS(=O)(=O)c1ccc(C(F)(F)F)cc1[N+](=O)[O-]. The summed E-state index contributed by atoms with van der Waals surface area (Å²) in [4.78, 5) is 18.4. The molecular formula is C24H25F3N6O5S. The minimum atomic E-state index is -4.86. The number of para-hydroxylation sites is 1. The molecule has 0 fully saturated rings. The highest BCUT2D eigenvalue weighted by molar-refractivity contribution is 7.89. The first-order chi connectivity index (χ1) is 18.4. The first-order valence-electron chi connectivity index (χ1n) is 11.8. The second-order valence-electron chi connectivity index (χ2n) is 8.68. The van der Waals surface area contributed by atoms with Gasteiger partial charge in [-0.3, -0.25) is 10.1 Å². The summed E-state index contributed by atoms with van der Waals surface area (Å²) in [5, 5.41) is 12.2. The molecule has 0 spiro atoms. The lowest BCUT2D eigenvalue weighted by Gasteiger charge is -2.12. The molecule has 0 aliphatic heterocycles. The van der Waals surface area contributed by atoms with Crippen LogP contribution < -0.4 is 10.5 Å². The third kappa shape index (κ3) is 5.94. The van der Waals surface area contributed by atoms with Gasteiger partial charge in [0.1, 0.15) is 11.3 Å². The van der Waals surface area contributed by atoms with Crippen LogP contribution in [-0.2, 0) is 33.9 Å². The average molecular weight is 567 g/mol. The van der Waals surface area contributed by atoms with Crippen molar-refractivity contribution >= 4 is 43.5 Å². The monoisotopic (exact) mass is 566 g/mol. The fraction of sp³-hybridized carbons (Fsp3) is 0.333. The molecule has 39 heavy (non-hydrogen) atoms. The number of pyridine rings is 1. The Morgan fingerprint density at radius 3 is 2.59 bits per heavy atom. The normalized spacial score (nSPS) is 12.4. The van der Waals surface area contributed by atoms with Crippen molar-refractivity contribution in [3.63, 3.8) is 0 Å². The summed E-state index contributed by atoms with van der Waals surface area (Å²) in [5.41, 5.74) is 5.76. The molecule has 4 aromatic rings. The van der Waals surface area contributed by atoms with Crippen LogP contribution in [0.1, 0.15) is 24.2 Å². The van der Waals surface area contributed by atoms with Crippen molar-refractivity contribution in [2.45, 2.75) is 36.9 Å². The number of nitro groups is 1. The molecule has 0 saturated carbocycles. The Morgan fingerprint density at radius 1 is 1.15 bits per heavy atom. The molecule has 4 rings (SSSR count). The van der Waals surface area contributed by atoms with Crippen molar-refractivity contribution in [3.05, 3.63) is 64.0 Å². The van der Waals surface area contributed by atoms with Crippen LogP contribution in [0, 0.1) is 10.1 Å². The number of fused-ring (bicyclic) bond motifs is 3. The molecule has 3 N–H and O–H groups in total. The van der Waals surface area contributed by atoms with Crippen LogP contribution in [0.3, 0.4) is 0 Å². The van der Waals surface area contributed by atoms with Gasteiger partial charge < -0.3 is 15.0 Å². The number of nitrogens with zero attached hydrogens (tertiary/aromatic N) is 4. The van der Waals surface area contributed by atoms with Crippen molar-refractivity contribution in [2.24, 2.45) is 0 Å². The van der Waals surface area contributed by atoms with Crippen LogP contribution in [0.4, 0.5) is 24.7 Å². The molecule has 0 unspecified atom stereocenters. The van der Waals surface area contributed by atoms with Crippen LogP contribution >= 0.6 is 0 Å². The van der Waals surface area contributed by atoms with E-state index >= 15 is 0 Å². The molecule has 0 aliphatic carbocycles. The first kappa shape index (κ1) is 28.2. The molecule has 0 bridgehead atoms. The number of nitro benzene ring substituents is 1. The molecule has 0 radical (unpaired) electrons. The lowest BCUT2D eigenvalue weighted by Crippen LogP contribution is -2.26. The molecule has 11 nitrogen and oxygen atoms in total. The topological polar surface area (TPSA) is 155 Å². The smallest absolute Gasteiger partial charge is 0.384 e. The summed E-state index contributed by atoms with van der Waals surface area (Å²) in [7, 11) is -2.87. The van der Waals surface area contributed by atoms with Gasteiger partial charge in [-0.15, -0.1) is 0 Å². The van der Waals surface area contributed by atoms with E-state index in [2.05, 4.69) is 14.7 Å². The van der Waals surface area contributed by atoms with E-state index in [1.807, 2.05) is 28.8 Å². The van der Waals surface area contributed by atoms with Crippen LogP contribution in [0.2, 0.25) is 0 Å². The van der Waals surface area contributed by atoms with Gasteiger partial charge >= 0.3 is 6.18 Å². The fourth-order valence-corrected chi connectivity index (χ4v) is 5.50. The second kappa shape index (κ2) is 11.1.